The molecule has 2 aromatic rings. The van der Waals surface area contributed by atoms with Crippen LogP contribution in [0.2, 0.25) is 0 Å². The van der Waals surface area contributed by atoms with Crippen LogP contribution in [0, 0.1) is 6.92 Å². The molecule has 0 bridgehead atoms. The molecule has 1 N–H and O–H groups in total. The number of sulfonamides is 1. The molecule has 0 fully saturated rings. The molecule has 1 aromatic heterocycles. The first-order chi connectivity index (χ1) is 11.4. The minimum absolute atomic E-state index is 0.164. The zero-order chi connectivity index (χ0) is 17.7. The molecule has 0 aliphatic heterocycles. The van der Waals surface area contributed by atoms with Crippen molar-refractivity contribution in [2.45, 2.75) is 45.2 Å². The molecule has 0 spiro atoms. The number of rotatable bonds is 8. The summed E-state index contributed by atoms with van der Waals surface area (Å²) >= 11 is 1.75. The van der Waals surface area contributed by atoms with Gasteiger partial charge in [-0.3, -0.25) is 0 Å². The van der Waals surface area contributed by atoms with Gasteiger partial charge in [0.2, 0.25) is 10.0 Å². The Labute approximate surface area is 149 Å². The Bertz CT molecular complexity index is 748. The van der Waals surface area contributed by atoms with Crippen LogP contribution >= 0.6 is 11.3 Å². The molecule has 1 aromatic carbocycles. The van der Waals surface area contributed by atoms with Crippen LogP contribution in [0.4, 0.5) is 0 Å². The lowest BCUT2D eigenvalue weighted by Crippen LogP contribution is -2.30. The molecule has 0 unspecified atom stereocenters. The molecule has 0 radical (unpaired) electrons. The van der Waals surface area contributed by atoms with E-state index in [-0.39, 0.29) is 6.04 Å². The Morgan fingerprint density at radius 1 is 1.12 bits per heavy atom. The van der Waals surface area contributed by atoms with Gasteiger partial charge in [0.25, 0.3) is 0 Å². The van der Waals surface area contributed by atoms with Crippen molar-refractivity contribution >= 4 is 21.4 Å². The Morgan fingerprint density at radius 2 is 1.75 bits per heavy atom. The third kappa shape index (κ3) is 4.25. The minimum Gasteiger partial charge on any atom is -0.305 e. The van der Waals surface area contributed by atoms with Crippen LogP contribution in [0.5, 0.6) is 0 Å². The van der Waals surface area contributed by atoms with Gasteiger partial charge in [-0.25, -0.2) is 8.42 Å². The Hall–Kier alpha value is -1.21. The van der Waals surface area contributed by atoms with E-state index in [1.807, 2.05) is 26.0 Å². The fraction of sp³-hybridized carbons (Fsp3) is 0.444. The maximum absolute atomic E-state index is 12.5. The lowest BCUT2D eigenvalue weighted by molar-refractivity contribution is 0.445. The van der Waals surface area contributed by atoms with E-state index in [0.29, 0.717) is 18.0 Å². The number of thiophene rings is 1. The summed E-state index contributed by atoms with van der Waals surface area (Å²) in [5.41, 5.74) is 2.39. The van der Waals surface area contributed by atoms with Gasteiger partial charge >= 0.3 is 0 Å². The van der Waals surface area contributed by atoms with Gasteiger partial charge in [-0.2, -0.15) is 4.31 Å². The van der Waals surface area contributed by atoms with Gasteiger partial charge in [-0.05, 0) is 48.6 Å². The van der Waals surface area contributed by atoms with Crippen molar-refractivity contribution in [1.29, 1.82) is 0 Å². The Kier molecular flexibility index (Phi) is 6.57. The number of hydrogen-bond donors (Lipinski definition) is 1. The highest BCUT2D eigenvalue weighted by Gasteiger charge is 2.21. The molecular formula is C18H26N2O2S2. The van der Waals surface area contributed by atoms with Gasteiger partial charge in [0.15, 0.2) is 0 Å². The number of benzene rings is 1. The van der Waals surface area contributed by atoms with Crippen LogP contribution in [0.15, 0.2) is 40.6 Å². The standard InChI is InChI=1S/C18H26N2O2S2/c1-5-20(6-2)24(21,22)17-9-7-16(8-10-17)15(4)19-13-18-14(3)11-12-23-18/h7-12,15,19H,5-6,13H2,1-4H3/t15-/m0/s1. The SMILES string of the molecule is CCN(CC)S(=O)(=O)c1ccc([C@H](C)NCc2sccc2C)cc1. The predicted octanol–water partition coefficient (Wildman–Crippen LogP) is 3.94. The van der Waals surface area contributed by atoms with Crippen molar-refractivity contribution in [3.05, 3.63) is 51.7 Å². The lowest BCUT2D eigenvalue weighted by Gasteiger charge is -2.19. The van der Waals surface area contributed by atoms with Crippen molar-refractivity contribution in [3.8, 4) is 0 Å². The Morgan fingerprint density at radius 3 is 2.25 bits per heavy atom. The fourth-order valence-corrected chi connectivity index (χ4v) is 4.90. The fourth-order valence-electron chi connectivity index (χ4n) is 2.59. The summed E-state index contributed by atoms with van der Waals surface area (Å²) in [6.07, 6.45) is 0. The van der Waals surface area contributed by atoms with Gasteiger partial charge in [-0.15, -0.1) is 11.3 Å². The summed E-state index contributed by atoms with van der Waals surface area (Å²) in [6, 6.07) is 9.50. The van der Waals surface area contributed by atoms with Crippen LogP contribution in [-0.4, -0.2) is 25.8 Å². The second kappa shape index (κ2) is 8.25. The van der Waals surface area contributed by atoms with E-state index < -0.39 is 10.0 Å². The second-order valence-electron chi connectivity index (χ2n) is 5.79. The van der Waals surface area contributed by atoms with Crippen LogP contribution < -0.4 is 5.32 Å². The van der Waals surface area contributed by atoms with E-state index in [2.05, 4.69) is 30.6 Å². The minimum atomic E-state index is -3.38. The topological polar surface area (TPSA) is 49.4 Å². The van der Waals surface area contributed by atoms with Crippen LogP contribution in [0.25, 0.3) is 0 Å². The van der Waals surface area contributed by atoms with Crippen molar-refractivity contribution in [2.75, 3.05) is 13.1 Å². The van der Waals surface area contributed by atoms with Crippen molar-refractivity contribution in [2.24, 2.45) is 0 Å². The lowest BCUT2D eigenvalue weighted by atomic mass is 10.1. The second-order valence-corrected chi connectivity index (χ2v) is 8.73. The van der Waals surface area contributed by atoms with Crippen LogP contribution in [0.1, 0.15) is 42.8 Å². The molecule has 132 valence electrons. The molecule has 0 aliphatic carbocycles. The largest absolute Gasteiger partial charge is 0.305 e. The Balaban J connectivity index is 2.07. The van der Waals surface area contributed by atoms with E-state index in [1.54, 1.807) is 23.5 Å². The number of aryl methyl sites for hydroxylation is 1. The highest BCUT2D eigenvalue weighted by molar-refractivity contribution is 7.89. The van der Waals surface area contributed by atoms with Gasteiger partial charge < -0.3 is 5.32 Å². The molecule has 6 heteroatoms. The first-order valence-electron chi connectivity index (χ1n) is 8.26. The van der Waals surface area contributed by atoms with Crippen LogP contribution in [0.3, 0.4) is 0 Å². The molecule has 0 saturated carbocycles. The quantitative estimate of drug-likeness (QED) is 0.770. The van der Waals surface area contributed by atoms with Gasteiger partial charge in [0, 0.05) is 30.6 Å². The average molecular weight is 367 g/mol. The zero-order valence-corrected chi connectivity index (χ0v) is 16.4. The van der Waals surface area contributed by atoms with E-state index in [9.17, 15) is 8.42 Å². The normalized spacial score (nSPS) is 13.4. The molecule has 0 aliphatic rings. The third-order valence-electron chi connectivity index (χ3n) is 4.26. The van der Waals surface area contributed by atoms with Gasteiger partial charge in [0.1, 0.15) is 0 Å². The highest BCUT2D eigenvalue weighted by atomic mass is 32.2. The van der Waals surface area contributed by atoms with E-state index in [1.165, 1.54) is 14.7 Å². The van der Waals surface area contributed by atoms with E-state index in [4.69, 9.17) is 0 Å². The van der Waals surface area contributed by atoms with Crippen molar-refractivity contribution in [3.63, 3.8) is 0 Å². The van der Waals surface area contributed by atoms with Crippen LogP contribution in [-0.2, 0) is 16.6 Å². The molecule has 1 atom stereocenters. The summed E-state index contributed by atoms with van der Waals surface area (Å²) in [5.74, 6) is 0. The summed E-state index contributed by atoms with van der Waals surface area (Å²) < 4.78 is 26.5. The first-order valence-corrected chi connectivity index (χ1v) is 10.6. The molecule has 0 saturated heterocycles. The first kappa shape index (κ1) is 19.1. The maximum atomic E-state index is 12.5. The van der Waals surface area contributed by atoms with Crippen molar-refractivity contribution < 1.29 is 8.42 Å². The molecule has 2 rings (SSSR count). The molecular weight excluding hydrogens is 340 g/mol. The average Bonchev–Trinajstić information content (AvgIpc) is 2.98. The maximum Gasteiger partial charge on any atom is 0.243 e. The highest BCUT2D eigenvalue weighted by Crippen LogP contribution is 2.21. The summed E-state index contributed by atoms with van der Waals surface area (Å²) in [7, 11) is -3.38. The number of nitrogens with one attached hydrogen (secondary N) is 1. The summed E-state index contributed by atoms with van der Waals surface area (Å²) in [6.45, 7) is 9.71. The third-order valence-corrected chi connectivity index (χ3v) is 7.35. The number of hydrogen-bond acceptors (Lipinski definition) is 4. The summed E-state index contributed by atoms with van der Waals surface area (Å²) in [5, 5.41) is 5.60. The van der Waals surface area contributed by atoms with Crippen molar-refractivity contribution in [1.82, 2.24) is 9.62 Å². The molecule has 4 nitrogen and oxygen atoms in total. The molecule has 1 heterocycles. The zero-order valence-electron chi connectivity index (χ0n) is 14.7. The van der Waals surface area contributed by atoms with E-state index in [0.717, 1.165) is 12.1 Å². The van der Waals surface area contributed by atoms with Gasteiger partial charge in [0.05, 0.1) is 4.90 Å². The van der Waals surface area contributed by atoms with E-state index >= 15 is 0 Å². The van der Waals surface area contributed by atoms with Gasteiger partial charge in [-0.1, -0.05) is 26.0 Å². The molecule has 0 amide bonds. The smallest absolute Gasteiger partial charge is 0.243 e. The monoisotopic (exact) mass is 366 g/mol. The molecule has 24 heavy (non-hydrogen) atoms. The summed E-state index contributed by atoms with van der Waals surface area (Å²) in [4.78, 5) is 1.69. The predicted molar refractivity (Wildman–Crippen MR) is 101 cm³/mol. The number of nitrogens with zero attached hydrogens (tertiary/aromatic N) is 1.